The zero-order valence-electron chi connectivity index (χ0n) is 15.0. The van der Waals surface area contributed by atoms with Gasteiger partial charge in [-0.1, -0.05) is 34.1 Å². The molecule has 0 saturated heterocycles. The molecule has 0 unspecified atom stereocenters. The number of nitrogens with one attached hydrogen (secondary N) is 1. The Balaban J connectivity index is 3.31. The molecule has 0 aromatic carbocycles. The third kappa shape index (κ3) is 14.1. The smallest absolute Gasteiger partial charge is 0.220 e. The Kier molecular flexibility index (Phi) is 13.2. The molecular weight excluding hydrogens is 278 g/mol. The topological polar surface area (TPSA) is 55.4 Å². The fraction of sp³-hybridized carbons (Fsp3) is 0.889. The van der Waals surface area contributed by atoms with Gasteiger partial charge in [0.05, 0.1) is 0 Å². The lowest BCUT2D eigenvalue weighted by atomic mass is 10.0. The minimum Gasteiger partial charge on any atom is -0.381 e. The second-order valence-corrected chi connectivity index (χ2v) is 6.68. The van der Waals surface area contributed by atoms with Crippen molar-refractivity contribution in [2.75, 3.05) is 19.8 Å². The van der Waals surface area contributed by atoms with E-state index in [1.54, 1.807) is 0 Å². The van der Waals surface area contributed by atoms with Gasteiger partial charge in [-0.15, -0.1) is 0 Å². The molecule has 0 aromatic heterocycles. The van der Waals surface area contributed by atoms with Crippen LogP contribution in [0.2, 0.25) is 0 Å². The summed E-state index contributed by atoms with van der Waals surface area (Å²) in [6, 6.07) is 0. The fourth-order valence-corrected chi connectivity index (χ4v) is 1.96. The molecule has 0 aliphatic carbocycles. The van der Waals surface area contributed by atoms with E-state index in [2.05, 4.69) is 19.2 Å². The van der Waals surface area contributed by atoms with Gasteiger partial charge in [0.2, 0.25) is 5.91 Å². The maximum Gasteiger partial charge on any atom is 0.220 e. The van der Waals surface area contributed by atoms with Crippen molar-refractivity contribution in [2.45, 2.75) is 72.6 Å². The molecule has 0 rings (SSSR count). The number of unbranched alkanes of at least 4 members (excludes halogenated alkanes) is 2. The summed E-state index contributed by atoms with van der Waals surface area (Å²) >= 11 is 0. The van der Waals surface area contributed by atoms with Crippen molar-refractivity contribution in [1.82, 2.24) is 5.32 Å². The Morgan fingerprint density at radius 1 is 0.909 bits per heavy atom. The first-order valence-electron chi connectivity index (χ1n) is 8.80. The van der Waals surface area contributed by atoms with E-state index >= 15 is 0 Å². The Bertz CT molecular complexity index is 301. The Morgan fingerprint density at radius 3 is 2.27 bits per heavy atom. The lowest BCUT2D eigenvalue weighted by molar-refractivity contribution is -0.122. The molecule has 0 aliphatic heterocycles. The molecule has 4 nitrogen and oxygen atoms in total. The highest BCUT2D eigenvalue weighted by atomic mass is 16.5. The number of carbonyl (C=O) groups excluding carboxylic acids is 2. The molecule has 1 N–H and O–H groups in total. The number of rotatable bonds is 14. The van der Waals surface area contributed by atoms with E-state index < -0.39 is 0 Å². The van der Waals surface area contributed by atoms with Gasteiger partial charge in [-0.2, -0.15) is 0 Å². The molecule has 130 valence electrons. The van der Waals surface area contributed by atoms with Crippen molar-refractivity contribution in [3.8, 4) is 0 Å². The van der Waals surface area contributed by atoms with E-state index in [1.165, 1.54) is 0 Å². The molecule has 0 bridgehead atoms. The minimum absolute atomic E-state index is 0.103. The van der Waals surface area contributed by atoms with E-state index in [0.717, 1.165) is 38.7 Å². The number of carbonyl (C=O) groups is 2. The molecule has 4 heteroatoms. The molecule has 0 fully saturated rings. The summed E-state index contributed by atoms with van der Waals surface area (Å²) in [6.45, 7) is 10.4. The van der Waals surface area contributed by atoms with Gasteiger partial charge in [0.15, 0.2) is 0 Å². The van der Waals surface area contributed by atoms with E-state index in [9.17, 15) is 9.59 Å². The highest BCUT2D eigenvalue weighted by Gasteiger charge is 2.06. The first-order valence-corrected chi connectivity index (χ1v) is 8.80. The Hall–Kier alpha value is -0.900. The maximum atomic E-state index is 11.6. The van der Waals surface area contributed by atoms with Crippen LogP contribution >= 0.6 is 0 Å². The summed E-state index contributed by atoms with van der Waals surface area (Å²) in [5.74, 6) is 1.24. The van der Waals surface area contributed by atoms with Gasteiger partial charge in [-0.25, -0.2) is 0 Å². The van der Waals surface area contributed by atoms with Crippen LogP contribution in [0.5, 0.6) is 0 Å². The average Bonchev–Trinajstić information content (AvgIpc) is 2.45. The van der Waals surface area contributed by atoms with Gasteiger partial charge in [0.25, 0.3) is 0 Å². The second kappa shape index (κ2) is 13.7. The lowest BCUT2D eigenvalue weighted by Crippen LogP contribution is -2.24. The van der Waals surface area contributed by atoms with Crippen molar-refractivity contribution in [3.63, 3.8) is 0 Å². The van der Waals surface area contributed by atoms with Crippen LogP contribution in [-0.2, 0) is 14.3 Å². The normalized spacial score (nSPS) is 11.2. The van der Waals surface area contributed by atoms with Crippen LogP contribution in [0.3, 0.4) is 0 Å². The first-order chi connectivity index (χ1) is 10.4. The maximum absolute atomic E-state index is 11.6. The highest BCUT2D eigenvalue weighted by molar-refractivity contribution is 5.80. The van der Waals surface area contributed by atoms with Gasteiger partial charge in [0, 0.05) is 38.5 Å². The Labute approximate surface area is 136 Å². The summed E-state index contributed by atoms with van der Waals surface area (Å²) in [5.41, 5.74) is 0. The molecule has 0 heterocycles. The standard InChI is InChI=1S/C18H35NO3/c1-15(2)11-14-22-13-8-10-18(21)19-12-7-5-6-9-17(20)16(3)4/h15-16H,5-14H2,1-4H3,(H,19,21). The van der Waals surface area contributed by atoms with Gasteiger partial charge < -0.3 is 10.1 Å². The van der Waals surface area contributed by atoms with Crippen molar-refractivity contribution in [3.05, 3.63) is 0 Å². The van der Waals surface area contributed by atoms with E-state index in [1.807, 2.05) is 13.8 Å². The number of amides is 1. The molecule has 22 heavy (non-hydrogen) atoms. The summed E-state index contributed by atoms with van der Waals surface area (Å²) in [6.07, 6.45) is 5.93. The number of hydrogen-bond acceptors (Lipinski definition) is 3. The second-order valence-electron chi connectivity index (χ2n) is 6.68. The number of ketones is 1. The van der Waals surface area contributed by atoms with Crippen LogP contribution in [0.15, 0.2) is 0 Å². The summed E-state index contributed by atoms with van der Waals surface area (Å²) in [4.78, 5) is 23.0. The van der Waals surface area contributed by atoms with E-state index in [4.69, 9.17) is 4.74 Å². The molecule has 0 spiro atoms. The lowest BCUT2D eigenvalue weighted by Gasteiger charge is -2.07. The molecule has 0 radical (unpaired) electrons. The summed E-state index contributed by atoms with van der Waals surface area (Å²) in [7, 11) is 0. The average molecular weight is 313 g/mol. The largest absolute Gasteiger partial charge is 0.381 e. The summed E-state index contributed by atoms with van der Waals surface area (Å²) < 4.78 is 5.48. The number of ether oxygens (including phenoxy) is 1. The van der Waals surface area contributed by atoms with Crippen molar-refractivity contribution in [2.24, 2.45) is 11.8 Å². The molecule has 0 atom stereocenters. The van der Waals surface area contributed by atoms with Crippen LogP contribution in [0, 0.1) is 11.8 Å². The highest BCUT2D eigenvalue weighted by Crippen LogP contribution is 2.05. The van der Waals surface area contributed by atoms with Crippen LogP contribution in [0.4, 0.5) is 0 Å². The van der Waals surface area contributed by atoms with Crippen molar-refractivity contribution in [1.29, 1.82) is 0 Å². The third-order valence-corrected chi connectivity index (χ3v) is 3.60. The number of Topliss-reactive ketones (excluding diaryl/α,β-unsaturated/α-hetero) is 1. The van der Waals surface area contributed by atoms with Crippen LogP contribution in [0.25, 0.3) is 0 Å². The fourth-order valence-electron chi connectivity index (χ4n) is 1.96. The molecule has 0 saturated carbocycles. The quantitative estimate of drug-likeness (QED) is 0.497. The van der Waals surface area contributed by atoms with Crippen molar-refractivity contribution < 1.29 is 14.3 Å². The monoisotopic (exact) mass is 313 g/mol. The Morgan fingerprint density at radius 2 is 1.64 bits per heavy atom. The van der Waals surface area contributed by atoms with E-state index in [-0.39, 0.29) is 11.8 Å². The predicted molar refractivity (Wildman–Crippen MR) is 90.8 cm³/mol. The minimum atomic E-state index is 0.103. The van der Waals surface area contributed by atoms with Gasteiger partial charge in [-0.05, 0) is 31.6 Å². The van der Waals surface area contributed by atoms with Crippen LogP contribution in [0.1, 0.15) is 72.6 Å². The van der Waals surface area contributed by atoms with E-state index in [0.29, 0.717) is 37.7 Å². The first kappa shape index (κ1) is 21.1. The van der Waals surface area contributed by atoms with Gasteiger partial charge in [0.1, 0.15) is 5.78 Å². The zero-order valence-corrected chi connectivity index (χ0v) is 15.0. The number of hydrogen-bond donors (Lipinski definition) is 1. The van der Waals surface area contributed by atoms with Gasteiger partial charge in [-0.3, -0.25) is 9.59 Å². The predicted octanol–water partition coefficient (Wildman–Crippen LogP) is 3.73. The molecular formula is C18H35NO3. The molecule has 0 aliphatic rings. The summed E-state index contributed by atoms with van der Waals surface area (Å²) in [5, 5.41) is 2.92. The van der Waals surface area contributed by atoms with Crippen LogP contribution in [-0.4, -0.2) is 31.4 Å². The molecule has 1 amide bonds. The third-order valence-electron chi connectivity index (χ3n) is 3.60. The SMILES string of the molecule is CC(C)CCOCCCC(=O)NCCCCCC(=O)C(C)C. The van der Waals surface area contributed by atoms with Crippen LogP contribution < -0.4 is 5.32 Å². The molecule has 0 aromatic rings. The van der Waals surface area contributed by atoms with Gasteiger partial charge >= 0.3 is 0 Å². The van der Waals surface area contributed by atoms with Crippen molar-refractivity contribution >= 4 is 11.7 Å². The zero-order chi connectivity index (χ0) is 16.8.